The van der Waals surface area contributed by atoms with Gasteiger partial charge in [-0.25, -0.2) is 0 Å². The van der Waals surface area contributed by atoms with Crippen LogP contribution in [-0.2, 0) is 13.1 Å². The summed E-state index contributed by atoms with van der Waals surface area (Å²) in [6.45, 7) is 3.74. The number of nitrogens with one attached hydrogen (secondary N) is 1. The van der Waals surface area contributed by atoms with Crippen molar-refractivity contribution < 1.29 is 4.74 Å². The molecule has 0 bridgehead atoms. The Balaban J connectivity index is 1.96. The van der Waals surface area contributed by atoms with Crippen LogP contribution in [0, 0.1) is 0 Å². The smallest absolute Gasteiger partial charge is 0.134 e. The van der Waals surface area contributed by atoms with E-state index in [0.717, 1.165) is 24.5 Å². The summed E-state index contributed by atoms with van der Waals surface area (Å²) < 4.78 is 7.15. The number of methoxy groups -OCH3 is 1. The molecule has 0 spiro atoms. The van der Waals surface area contributed by atoms with Crippen LogP contribution in [0.3, 0.4) is 0 Å². The number of hydrogen-bond donors (Lipinski definition) is 1. The lowest BCUT2D eigenvalue weighted by Gasteiger charge is -2.03. The third-order valence-corrected chi connectivity index (χ3v) is 3.24. The van der Waals surface area contributed by atoms with Crippen molar-refractivity contribution in [1.82, 2.24) is 9.78 Å². The zero-order valence-corrected chi connectivity index (χ0v) is 10.3. The van der Waals surface area contributed by atoms with Crippen molar-refractivity contribution in [2.24, 2.45) is 0 Å². The van der Waals surface area contributed by atoms with Crippen LogP contribution >= 0.6 is 11.3 Å². The van der Waals surface area contributed by atoms with Gasteiger partial charge < -0.3 is 10.1 Å². The summed E-state index contributed by atoms with van der Waals surface area (Å²) in [5, 5.41) is 9.56. The molecule has 2 aromatic rings. The summed E-state index contributed by atoms with van der Waals surface area (Å²) >= 11 is 1.69. The molecule has 0 saturated heterocycles. The fourth-order valence-corrected chi connectivity index (χ4v) is 2.23. The molecule has 1 N–H and O–H groups in total. The molecule has 16 heavy (non-hydrogen) atoms. The number of nitrogens with zero attached hydrogens (tertiary/aromatic N) is 2. The molecule has 0 unspecified atom stereocenters. The molecule has 0 aliphatic carbocycles. The first-order chi connectivity index (χ1) is 7.83. The van der Waals surface area contributed by atoms with Gasteiger partial charge in [0.1, 0.15) is 5.75 Å². The Morgan fingerprint density at radius 2 is 2.44 bits per heavy atom. The third-order valence-electron chi connectivity index (χ3n) is 2.33. The van der Waals surface area contributed by atoms with Gasteiger partial charge in [0.15, 0.2) is 0 Å². The number of aromatic nitrogens is 2. The molecule has 5 heteroatoms. The fourth-order valence-electron chi connectivity index (χ4n) is 1.45. The number of anilines is 1. The molecule has 86 valence electrons. The van der Waals surface area contributed by atoms with E-state index in [1.807, 2.05) is 28.5 Å². The van der Waals surface area contributed by atoms with Crippen molar-refractivity contribution in [3.63, 3.8) is 0 Å². The van der Waals surface area contributed by atoms with E-state index < -0.39 is 0 Å². The second-order valence-corrected chi connectivity index (χ2v) is 4.35. The van der Waals surface area contributed by atoms with E-state index in [9.17, 15) is 0 Å². The molecule has 0 radical (unpaired) electrons. The lowest BCUT2D eigenvalue weighted by atomic mass is 10.4. The Bertz CT molecular complexity index is 450. The van der Waals surface area contributed by atoms with E-state index in [4.69, 9.17) is 4.74 Å². The van der Waals surface area contributed by atoms with Gasteiger partial charge in [0.05, 0.1) is 30.4 Å². The van der Waals surface area contributed by atoms with Crippen molar-refractivity contribution in [3.8, 4) is 5.75 Å². The van der Waals surface area contributed by atoms with E-state index in [0.29, 0.717) is 0 Å². The highest BCUT2D eigenvalue weighted by atomic mass is 32.1. The van der Waals surface area contributed by atoms with Gasteiger partial charge in [0.25, 0.3) is 0 Å². The largest absolute Gasteiger partial charge is 0.496 e. The summed E-state index contributed by atoms with van der Waals surface area (Å²) in [5.74, 6) is 0.945. The molecular weight excluding hydrogens is 222 g/mol. The number of hydrogen-bond acceptors (Lipinski definition) is 4. The highest BCUT2D eigenvalue weighted by Crippen LogP contribution is 2.25. The summed E-state index contributed by atoms with van der Waals surface area (Å²) in [6, 6.07) is 1.98. The first-order valence-electron chi connectivity index (χ1n) is 5.20. The summed E-state index contributed by atoms with van der Waals surface area (Å²) in [4.78, 5) is 1.20. The summed E-state index contributed by atoms with van der Waals surface area (Å²) in [7, 11) is 1.70. The fraction of sp³-hybridized carbons (Fsp3) is 0.364. The van der Waals surface area contributed by atoms with E-state index in [2.05, 4.69) is 17.3 Å². The van der Waals surface area contributed by atoms with Gasteiger partial charge in [-0.1, -0.05) is 0 Å². The minimum atomic E-state index is 0.774. The molecule has 0 aliphatic heterocycles. The van der Waals surface area contributed by atoms with Crippen molar-refractivity contribution in [2.75, 3.05) is 12.4 Å². The molecule has 0 amide bonds. The van der Waals surface area contributed by atoms with Gasteiger partial charge >= 0.3 is 0 Å². The molecule has 0 aromatic carbocycles. The maximum Gasteiger partial charge on any atom is 0.134 e. The van der Waals surface area contributed by atoms with Crippen LogP contribution in [0.4, 0.5) is 5.69 Å². The zero-order chi connectivity index (χ0) is 11.4. The molecule has 4 nitrogen and oxygen atoms in total. The monoisotopic (exact) mass is 237 g/mol. The van der Waals surface area contributed by atoms with Gasteiger partial charge in [-0.3, -0.25) is 4.68 Å². The maximum atomic E-state index is 5.25. The lowest BCUT2D eigenvalue weighted by Crippen LogP contribution is -1.98. The van der Waals surface area contributed by atoms with E-state index in [-0.39, 0.29) is 0 Å². The van der Waals surface area contributed by atoms with Crippen molar-refractivity contribution >= 4 is 17.0 Å². The Kier molecular flexibility index (Phi) is 3.46. The second kappa shape index (κ2) is 5.03. The maximum absolute atomic E-state index is 5.25. The van der Waals surface area contributed by atoms with Crippen molar-refractivity contribution in [1.29, 1.82) is 0 Å². The number of thiophene rings is 1. The predicted molar refractivity (Wildman–Crippen MR) is 66.1 cm³/mol. The first kappa shape index (κ1) is 11.0. The lowest BCUT2D eigenvalue weighted by molar-refractivity contribution is 0.413. The molecule has 2 rings (SSSR count). The van der Waals surface area contributed by atoms with Crippen LogP contribution in [0.2, 0.25) is 0 Å². The SMILES string of the molecule is CCn1cc(NCc2sccc2OC)cn1. The normalized spacial score (nSPS) is 10.4. The average molecular weight is 237 g/mol. The van der Waals surface area contributed by atoms with Gasteiger partial charge in [0.2, 0.25) is 0 Å². The second-order valence-electron chi connectivity index (χ2n) is 3.35. The molecule has 2 heterocycles. The average Bonchev–Trinajstić information content (AvgIpc) is 2.94. The topological polar surface area (TPSA) is 39.1 Å². The van der Waals surface area contributed by atoms with Crippen LogP contribution in [0.1, 0.15) is 11.8 Å². The van der Waals surface area contributed by atoms with Crippen LogP contribution in [0.5, 0.6) is 5.75 Å². The van der Waals surface area contributed by atoms with Crippen molar-refractivity contribution in [3.05, 3.63) is 28.7 Å². The van der Waals surface area contributed by atoms with Gasteiger partial charge in [-0.2, -0.15) is 5.10 Å². The minimum Gasteiger partial charge on any atom is -0.496 e. The van der Waals surface area contributed by atoms with Crippen LogP contribution < -0.4 is 10.1 Å². The van der Waals surface area contributed by atoms with E-state index in [1.165, 1.54) is 4.88 Å². The minimum absolute atomic E-state index is 0.774. The molecule has 0 atom stereocenters. The Labute approximate surface area is 98.9 Å². The van der Waals surface area contributed by atoms with Crippen LogP contribution in [0.15, 0.2) is 23.8 Å². The third kappa shape index (κ3) is 2.36. The molecule has 0 aliphatic rings. The molecule has 2 aromatic heterocycles. The first-order valence-corrected chi connectivity index (χ1v) is 6.08. The van der Waals surface area contributed by atoms with Gasteiger partial charge in [-0.05, 0) is 18.4 Å². The molecule has 0 saturated carbocycles. The molecular formula is C11H15N3OS. The van der Waals surface area contributed by atoms with E-state index in [1.54, 1.807) is 18.4 Å². The van der Waals surface area contributed by atoms with Crippen molar-refractivity contribution in [2.45, 2.75) is 20.0 Å². The highest BCUT2D eigenvalue weighted by molar-refractivity contribution is 7.10. The van der Waals surface area contributed by atoms with Gasteiger partial charge in [0, 0.05) is 12.7 Å². The number of ether oxygens (including phenoxy) is 1. The number of rotatable bonds is 5. The highest BCUT2D eigenvalue weighted by Gasteiger charge is 2.04. The van der Waals surface area contributed by atoms with E-state index >= 15 is 0 Å². The Morgan fingerprint density at radius 1 is 1.56 bits per heavy atom. The van der Waals surface area contributed by atoms with Gasteiger partial charge in [-0.15, -0.1) is 11.3 Å². The zero-order valence-electron chi connectivity index (χ0n) is 9.43. The summed E-state index contributed by atoms with van der Waals surface area (Å²) in [6.07, 6.45) is 3.84. The molecule has 0 fully saturated rings. The standard InChI is InChI=1S/C11H15N3OS/c1-3-14-8-9(6-13-14)12-7-11-10(15-2)4-5-16-11/h4-6,8,12H,3,7H2,1-2H3. The van der Waals surface area contributed by atoms with Crippen LogP contribution in [-0.4, -0.2) is 16.9 Å². The summed E-state index contributed by atoms with van der Waals surface area (Å²) in [5.41, 5.74) is 1.04. The number of aryl methyl sites for hydroxylation is 1. The van der Waals surface area contributed by atoms with Crippen LogP contribution in [0.25, 0.3) is 0 Å². The Morgan fingerprint density at radius 3 is 3.12 bits per heavy atom. The predicted octanol–water partition coefficient (Wildman–Crippen LogP) is 2.59. The Hall–Kier alpha value is -1.49. The quantitative estimate of drug-likeness (QED) is 0.868.